The summed E-state index contributed by atoms with van der Waals surface area (Å²) in [6.45, 7) is 0. The first-order chi connectivity index (χ1) is 4.18. The monoisotopic (exact) mass is 168 g/mol. The van der Waals surface area contributed by atoms with E-state index in [0.717, 1.165) is 0 Å². The summed E-state index contributed by atoms with van der Waals surface area (Å²) >= 11 is 0. The standard InChI is InChI=1S/C3H6N6.FH.Na/c4-1-7-2(5)9-3(6)8-1;;/h(H6,4,5,6,7,8,9);1H;/q;;+1/p-1. The summed E-state index contributed by atoms with van der Waals surface area (Å²) in [6, 6.07) is 0. The molecule has 6 nitrogen and oxygen atoms in total. The van der Waals surface area contributed by atoms with Crippen LogP contribution in [0.4, 0.5) is 17.8 Å². The number of nitrogens with zero attached hydrogens (tertiary/aromatic N) is 3. The van der Waals surface area contributed by atoms with Gasteiger partial charge in [-0.2, -0.15) is 15.0 Å². The Hall–Kier alpha value is -0.660. The molecule has 0 aromatic carbocycles. The molecular formula is C3H6FN6Na. The zero-order chi connectivity index (χ0) is 6.85. The fraction of sp³-hybridized carbons (Fsp3) is 0. The Kier molecular flexibility index (Phi) is 5.96. The maximum Gasteiger partial charge on any atom is 1.00 e. The average Bonchev–Trinajstić information content (AvgIpc) is 1.59. The van der Waals surface area contributed by atoms with Gasteiger partial charge in [0, 0.05) is 0 Å². The predicted octanol–water partition coefficient (Wildman–Crippen LogP) is -7.37. The van der Waals surface area contributed by atoms with E-state index in [-0.39, 0.29) is 52.1 Å². The SMILES string of the molecule is Nc1nc(N)nc(N)n1.[F-].[Na+]. The maximum absolute atomic E-state index is 5.14. The van der Waals surface area contributed by atoms with Crippen molar-refractivity contribution in [1.82, 2.24) is 15.0 Å². The molecule has 1 aromatic heterocycles. The van der Waals surface area contributed by atoms with Crippen molar-refractivity contribution in [1.29, 1.82) is 0 Å². The second kappa shape index (κ2) is 5.05. The van der Waals surface area contributed by atoms with Crippen LogP contribution in [0.15, 0.2) is 0 Å². The second-order valence-corrected chi connectivity index (χ2v) is 1.41. The van der Waals surface area contributed by atoms with Crippen LogP contribution in [-0.2, 0) is 0 Å². The van der Waals surface area contributed by atoms with E-state index >= 15 is 0 Å². The van der Waals surface area contributed by atoms with Gasteiger partial charge in [-0.1, -0.05) is 0 Å². The Balaban J connectivity index is 0. The number of nitrogen functional groups attached to an aromatic ring is 3. The van der Waals surface area contributed by atoms with Gasteiger partial charge in [0.25, 0.3) is 0 Å². The zero-order valence-electron chi connectivity index (χ0n) is 5.95. The van der Waals surface area contributed by atoms with Crippen molar-refractivity contribution in [3.8, 4) is 0 Å². The van der Waals surface area contributed by atoms with Gasteiger partial charge in [0.2, 0.25) is 17.8 Å². The fourth-order valence-corrected chi connectivity index (χ4v) is 0.427. The second-order valence-electron chi connectivity index (χ2n) is 1.41. The molecule has 0 fully saturated rings. The predicted molar refractivity (Wildman–Crippen MR) is 33.1 cm³/mol. The van der Waals surface area contributed by atoms with E-state index < -0.39 is 0 Å². The van der Waals surface area contributed by atoms with Crippen LogP contribution in [0.25, 0.3) is 0 Å². The van der Waals surface area contributed by atoms with Crippen molar-refractivity contribution in [2.45, 2.75) is 0 Å². The van der Waals surface area contributed by atoms with Gasteiger partial charge in [-0.05, 0) is 0 Å². The average molecular weight is 168 g/mol. The van der Waals surface area contributed by atoms with Crippen molar-refractivity contribution in [2.75, 3.05) is 17.2 Å². The van der Waals surface area contributed by atoms with Crippen LogP contribution >= 0.6 is 0 Å². The van der Waals surface area contributed by atoms with Crippen LogP contribution in [0.1, 0.15) is 0 Å². The van der Waals surface area contributed by atoms with Gasteiger partial charge in [-0.25, -0.2) is 0 Å². The van der Waals surface area contributed by atoms with Crippen molar-refractivity contribution >= 4 is 17.8 Å². The van der Waals surface area contributed by atoms with Crippen LogP contribution in [-0.4, -0.2) is 15.0 Å². The summed E-state index contributed by atoms with van der Waals surface area (Å²) in [4.78, 5) is 10.5. The largest absolute Gasteiger partial charge is 1.00 e. The molecule has 0 aliphatic heterocycles. The molecule has 6 N–H and O–H groups in total. The minimum absolute atomic E-state index is 0. The normalized spacial score (nSPS) is 7.64. The third kappa shape index (κ3) is 3.91. The molecule has 0 spiro atoms. The Bertz CT molecular complexity index is 179. The molecule has 0 saturated carbocycles. The van der Waals surface area contributed by atoms with Crippen LogP contribution in [0, 0.1) is 0 Å². The molecular weight excluding hydrogens is 162 g/mol. The van der Waals surface area contributed by atoms with Gasteiger partial charge in [0.15, 0.2) is 0 Å². The van der Waals surface area contributed by atoms with E-state index in [9.17, 15) is 0 Å². The van der Waals surface area contributed by atoms with Gasteiger partial charge in [0.1, 0.15) is 0 Å². The Morgan fingerprint density at radius 3 is 1.09 bits per heavy atom. The summed E-state index contributed by atoms with van der Waals surface area (Å²) < 4.78 is 0. The van der Waals surface area contributed by atoms with Gasteiger partial charge >= 0.3 is 29.6 Å². The topological polar surface area (TPSA) is 117 Å². The number of hydrogen-bond donors (Lipinski definition) is 3. The maximum atomic E-state index is 5.14. The molecule has 0 aliphatic carbocycles. The van der Waals surface area contributed by atoms with Crippen molar-refractivity contribution in [3.05, 3.63) is 0 Å². The Morgan fingerprint density at radius 1 is 0.727 bits per heavy atom. The first-order valence-corrected chi connectivity index (χ1v) is 2.21. The number of anilines is 3. The minimum Gasteiger partial charge on any atom is -1.00 e. The number of rotatable bonds is 0. The molecule has 56 valence electrons. The summed E-state index contributed by atoms with van der Waals surface area (Å²) in [5.41, 5.74) is 15.4. The first-order valence-electron chi connectivity index (χ1n) is 2.21. The quantitative estimate of drug-likeness (QED) is 0.331. The minimum atomic E-state index is 0. The molecule has 1 rings (SSSR count). The summed E-state index contributed by atoms with van der Waals surface area (Å²) in [6.07, 6.45) is 0. The Labute approximate surface area is 84.3 Å². The molecule has 1 heterocycles. The van der Waals surface area contributed by atoms with E-state index in [1.165, 1.54) is 0 Å². The molecule has 1 aromatic rings. The zero-order valence-corrected chi connectivity index (χ0v) is 7.95. The molecule has 11 heavy (non-hydrogen) atoms. The number of hydrogen-bond acceptors (Lipinski definition) is 6. The van der Waals surface area contributed by atoms with Gasteiger partial charge in [-0.15, -0.1) is 0 Å². The number of aromatic nitrogens is 3. The van der Waals surface area contributed by atoms with Crippen molar-refractivity contribution in [2.24, 2.45) is 0 Å². The number of halogens is 1. The van der Waals surface area contributed by atoms with E-state index in [1.54, 1.807) is 0 Å². The van der Waals surface area contributed by atoms with E-state index in [4.69, 9.17) is 17.2 Å². The molecule has 0 bridgehead atoms. The molecule has 8 heteroatoms. The third-order valence-electron chi connectivity index (χ3n) is 0.687. The van der Waals surface area contributed by atoms with Crippen LogP contribution in [0.2, 0.25) is 0 Å². The smallest absolute Gasteiger partial charge is 1.00 e. The van der Waals surface area contributed by atoms with Crippen LogP contribution in [0.3, 0.4) is 0 Å². The molecule has 0 atom stereocenters. The number of nitrogens with two attached hydrogens (primary N) is 3. The van der Waals surface area contributed by atoms with Gasteiger partial charge in [-0.3, -0.25) is 0 Å². The van der Waals surface area contributed by atoms with E-state index in [0.29, 0.717) is 0 Å². The van der Waals surface area contributed by atoms with Crippen molar-refractivity contribution < 1.29 is 34.3 Å². The summed E-state index contributed by atoms with van der Waals surface area (Å²) in [5.74, 6) is 0.125. The Morgan fingerprint density at radius 2 is 0.909 bits per heavy atom. The summed E-state index contributed by atoms with van der Waals surface area (Å²) in [7, 11) is 0. The molecule has 0 unspecified atom stereocenters. The van der Waals surface area contributed by atoms with Gasteiger partial charge < -0.3 is 21.9 Å². The molecule has 0 saturated heterocycles. The molecule has 0 amide bonds. The molecule has 0 radical (unpaired) electrons. The first kappa shape index (κ1) is 13.0. The fourth-order valence-electron chi connectivity index (χ4n) is 0.427. The van der Waals surface area contributed by atoms with E-state index in [2.05, 4.69) is 15.0 Å². The van der Waals surface area contributed by atoms with Crippen LogP contribution < -0.4 is 51.5 Å². The van der Waals surface area contributed by atoms with E-state index in [1.807, 2.05) is 0 Å². The van der Waals surface area contributed by atoms with Crippen molar-refractivity contribution in [3.63, 3.8) is 0 Å². The van der Waals surface area contributed by atoms with Gasteiger partial charge in [0.05, 0.1) is 0 Å². The molecule has 0 aliphatic rings. The summed E-state index contributed by atoms with van der Waals surface area (Å²) in [5, 5.41) is 0. The van der Waals surface area contributed by atoms with Crippen LogP contribution in [0.5, 0.6) is 0 Å². The third-order valence-corrected chi connectivity index (χ3v) is 0.687.